The first-order chi connectivity index (χ1) is 10.3. The zero-order chi connectivity index (χ0) is 14.2. The van der Waals surface area contributed by atoms with Crippen LogP contribution in [0.25, 0.3) is 11.1 Å². The smallest absolute Gasteiger partial charge is 0.131 e. The van der Waals surface area contributed by atoms with E-state index >= 15 is 0 Å². The predicted octanol–water partition coefficient (Wildman–Crippen LogP) is 4.60. The lowest BCUT2D eigenvalue weighted by molar-refractivity contribution is 0.578. The van der Waals surface area contributed by atoms with Gasteiger partial charge < -0.3 is 10.6 Å². The topological polar surface area (TPSA) is 24.1 Å². The molecule has 0 amide bonds. The van der Waals surface area contributed by atoms with E-state index in [4.69, 9.17) is 0 Å². The molecule has 2 heterocycles. The van der Waals surface area contributed by atoms with Crippen LogP contribution in [0.3, 0.4) is 0 Å². The first kappa shape index (κ1) is 18.1. The van der Waals surface area contributed by atoms with Gasteiger partial charge in [-0.05, 0) is 49.2 Å². The molecule has 2 nitrogen and oxygen atoms in total. The van der Waals surface area contributed by atoms with Gasteiger partial charge in [0.05, 0.1) is 0 Å². The number of halogens is 3. The largest absolute Gasteiger partial charge is 0.381 e. The molecule has 4 rings (SSSR count). The number of benzene rings is 2. The van der Waals surface area contributed by atoms with Crippen molar-refractivity contribution >= 4 is 30.5 Å². The van der Waals surface area contributed by atoms with Crippen LogP contribution in [-0.4, -0.2) is 19.1 Å². The average molecular weight is 355 g/mol. The molecule has 2 aromatic carbocycles. The lowest BCUT2D eigenvalue weighted by atomic mass is 9.86. The first-order valence-electron chi connectivity index (χ1n) is 7.69. The zero-order valence-corrected chi connectivity index (χ0v) is 14.4. The minimum absolute atomic E-state index is 0. The molecule has 2 N–H and O–H groups in total. The van der Waals surface area contributed by atoms with Crippen molar-refractivity contribution in [3.8, 4) is 11.1 Å². The fourth-order valence-corrected chi connectivity index (χ4v) is 3.77. The summed E-state index contributed by atoms with van der Waals surface area (Å²) in [6, 6.07) is 13.8. The van der Waals surface area contributed by atoms with Crippen LogP contribution in [0.2, 0.25) is 0 Å². The van der Waals surface area contributed by atoms with Crippen LogP contribution in [-0.2, 0) is 0 Å². The highest BCUT2D eigenvalue weighted by atomic mass is 35.5. The lowest BCUT2D eigenvalue weighted by Gasteiger charge is -2.18. The fourth-order valence-electron chi connectivity index (χ4n) is 3.77. The number of nitrogens with one attached hydrogen (secondary N) is 2. The molecule has 0 bridgehead atoms. The summed E-state index contributed by atoms with van der Waals surface area (Å²) in [4.78, 5) is 0. The molecule has 2 aliphatic heterocycles. The third-order valence-electron chi connectivity index (χ3n) is 4.73. The molecule has 0 saturated carbocycles. The Kier molecular flexibility index (Phi) is 5.90. The third-order valence-corrected chi connectivity index (χ3v) is 4.73. The standard InChI is InChI=1S/C18H19FN2.2ClH/c19-15-6-2-1-4-12(15)13-5-3-7-17-18(13)14-8-10-20-11-9-16(14)21-17;;/h1-7,14,16,20-21H,8-11H2;2*1H/t14-,16+;;/m1../s1. The quantitative estimate of drug-likeness (QED) is 0.781. The summed E-state index contributed by atoms with van der Waals surface area (Å²) in [5.41, 5.74) is 4.26. The second-order valence-electron chi connectivity index (χ2n) is 5.93. The molecule has 1 fully saturated rings. The third kappa shape index (κ3) is 3.18. The molecule has 5 heteroatoms. The maximum Gasteiger partial charge on any atom is 0.131 e. The van der Waals surface area contributed by atoms with Crippen molar-refractivity contribution in [2.75, 3.05) is 18.4 Å². The number of hydrogen-bond donors (Lipinski definition) is 2. The van der Waals surface area contributed by atoms with Gasteiger partial charge in [0.15, 0.2) is 0 Å². The van der Waals surface area contributed by atoms with Gasteiger partial charge in [-0.2, -0.15) is 0 Å². The molecule has 2 atom stereocenters. The second-order valence-corrected chi connectivity index (χ2v) is 5.93. The van der Waals surface area contributed by atoms with E-state index in [9.17, 15) is 4.39 Å². The van der Waals surface area contributed by atoms with Crippen LogP contribution in [0, 0.1) is 5.82 Å². The van der Waals surface area contributed by atoms with Gasteiger partial charge in [-0.1, -0.05) is 30.3 Å². The van der Waals surface area contributed by atoms with E-state index in [1.807, 2.05) is 18.2 Å². The SMILES string of the molecule is Cl.Cl.Fc1ccccc1-c1cccc2c1[C@@H]1CCNCC[C@@H]1N2. The van der Waals surface area contributed by atoms with Gasteiger partial charge in [-0.15, -0.1) is 24.8 Å². The van der Waals surface area contributed by atoms with Gasteiger partial charge in [0, 0.05) is 23.2 Å². The van der Waals surface area contributed by atoms with Gasteiger partial charge in [-0.25, -0.2) is 4.39 Å². The first-order valence-corrected chi connectivity index (χ1v) is 7.69. The monoisotopic (exact) mass is 354 g/mol. The Morgan fingerprint density at radius 3 is 2.43 bits per heavy atom. The van der Waals surface area contributed by atoms with Crippen LogP contribution in [0.4, 0.5) is 10.1 Å². The van der Waals surface area contributed by atoms with Crippen molar-refractivity contribution in [2.45, 2.75) is 24.8 Å². The summed E-state index contributed by atoms with van der Waals surface area (Å²) in [5.74, 6) is 0.340. The molecule has 0 aromatic heterocycles. The van der Waals surface area contributed by atoms with E-state index < -0.39 is 0 Å². The molecule has 124 valence electrons. The van der Waals surface area contributed by atoms with Crippen molar-refractivity contribution in [1.82, 2.24) is 5.32 Å². The summed E-state index contributed by atoms with van der Waals surface area (Å²) in [6.45, 7) is 2.09. The molecule has 2 aliphatic rings. The Hall–Kier alpha value is -1.29. The van der Waals surface area contributed by atoms with Gasteiger partial charge >= 0.3 is 0 Å². The summed E-state index contributed by atoms with van der Waals surface area (Å²) in [6.07, 6.45) is 2.23. The van der Waals surface area contributed by atoms with Gasteiger partial charge in [0.1, 0.15) is 5.82 Å². The molecule has 2 aromatic rings. The van der Waals surface area contributed by atoms with Crippen LogP contribution >= 0.6 is 24.8 Å². The molecule has 0 radical (unpaired) electrons. The molecular weight excluding hydrogens is 334 g/mol. The summed E-state index contributed by atoms with van der Waals surface area (Å²) >= 11 is 0. The summed E-state index contributed by atoms with van der Waals surface area (Å²) < 4.78 is 14.2. The Morgan fingerprint density at radius 1 is 0.870 bits per heavy atom. The Balaban J connectivity index is 0.000000960. The fraction of sp³-hybridized carbons (Fsp3) is 0.333. The number of anilines is 1. The number of hydrogen-bond acceptors (Lipinski definition) is 2. The van der Waals surface area contributed by atoms with Gasteiger partial charge in [0.2, 0.25) is 0 Å². The van der Waals surface area contributed by atoms with Crippen molar-refractivity contribution in [2.24, 2.45) is 0 Å². The van der Waals surface area contributed by atoms with Gasteiger partial charge in [-0.3, -0.25) is 0 Å². The van der Waals surface area contributed by atoms with Crippen molar-refractivity contribution in [3.05, 3.63) is 53.8 Å². The summed E-state index contributed by atoms with van der Waals surface area (Å²) in [5, 5.41) is 7.11. The Morgan fingerprint density at radius 2 is 1.61 bits per heavy atom. The zero-order valence-electron chi connectivity index (χ0n) is 12.7. The summed E-state index contributed by atoms with van der Waals surface area (Å²) in [7, 11) is 0. The van der Waals surface area contributed by atoms with Crippen molar-refractivity contribution < 1.29 is 4.39 Å². The second kappa shape index (κ2) is 7.52. The van der Waals surface area contributed by atoms with Gasteiger partial charge in [0.25, 0.3) is 0 Å². The van der Waals surface area contributed by atoms with Crippen molar-refractivity contribution in [1.29, 1.82) is 0 Å². The maximum atomic E-state index is 14.2. The van der Waals surface area contributed by atoms with E-state index in [-0.39, 0.29) is 30.6 Å². The highest BCUT2D eigenvalue weighted by molar-refractivity contribution is 5.85. The van der Waals surface area contributed by atoms with Crippen LogP contribution < -0.4 is 10.6 Å². The molecular formula is C18H21Cl2FN2. The highest BCUT2D eigenvalue weighted by Crippen LogP contribution is 2.45. The van der Waals surface area contributed by atoms with Crippen molar-refractivity contribution in [3.63, 3.8) is 0 Å². The minimum atomic E-state index is -0.138. The maximum absolute atomic E-state index is 14.2. The Bertz CT molecular complexity index is 678. The molecule has 1 saturated heterocycles. The molecule has 0 aliphatic carbocycles. The van der Waals surface area contributed by atoms with E-state index in [0.717, 1.165) is 31.5 Å². The number of fused-ring (bicyclic) bond motifs is 3. The molecule has 0 spiro atoms. The lowest BCUT2D eigenvalue weighted by Crippen LogP contribution is -2.21. The molecule has 0 unspecified atom stereocenters. The molecule has 23 heavy (non-hydrogen) atoms. The Labute approximate surface area is 148 Å². The van der Waals surface area contributed by atoms with Crippen LogP contribution in [0.1, 0.15) is 24.3 Å². The van der Waals surface area contributed by atoms with E-state index in [1.165, 1.54) is 11.3 Å². The van der Waals surface area contributed by atoms with E-state index in [0.29, 0.717) is 17.5 Å². The average Bonchev–Trinajstić information content (AvgIpc) is 2.70. The highest BCUT2D eigenvalue weighted by Gasteiger charge is 2.34. The predicted molar refractivity (Wildman–Crippen MR) is 98.6 cm³/mol. The normalized spacial score (nSPS) is 21.8. The van der Waals surface area contributed by atoms with Crippen LogP contribution in [0.5, 0.6) is 0 Å². The number of rotatable bonds is 1. The minimum Gasteiger partial charge on any atom is -0.381 e. The van der Waals surface area contributed by atoms with E-state index in [2.05, 4.69) is 22.8 Å². The van der Waals surface area contributed by atoms with Crippen LogP contribution in [0.15, 0.2) is 42.5 Å². The van der Waals surface area contributed by atoms with E-state index in [1.54, 1.807) is 12.1 Å².